The molecule has 0 unspecified atom stereocenters. The van der Waals surface area contributed by atoms with Crippen molar-refractivity contribution in [2.24, 2.45) is 0 Å². The normalized spacial score (nSPS) is 10.9. The van der Waals surface area contributed by atoms with Crippen LogP contribution >= 0.6 is 34.4 Å². The number of thioether (sulfide) groups is 1. The number of thiazole rings is 1. The highest BCUT2D eigenvalue weighted by molar-refractivity contribution is 8.00. The zero-order valence-corrected chi connectivity index (χ0v) is 19.5. The lowest BCUT2D eigenvalue weighted by atomic mass is 10.3. The molecule has 32 heavy (non-hydrogen) atoms. The number of carbonyl (C=O) groups is 1. The van der Waals surface area contributed by atoms with Crippen LogP contribution < -0.4 is 10.9 Å². The van der Waals surface area contributed by atoms with Crippen LogP contribution in [0, 0.1) is 12.7 Å². The summed E-state index contributed by atoms with van der Waals surface area (Å²) >= 11 is 4.50. The van der Waals surface area contributed by atoms with Crippen LogP contribution in [0.5, 0.6) is 0 Å². The Morgan fingerprint density at radius 2 is 2.00 bits per heavy atom. The number of aryl methyl sites for hydroxylation is 1. The van der Waals surface area contributed by atoms with E-state index >= 15 is 0 Å². The summed E-state index contributed by atoms with van der Waals surface area (Å²) in [6.07, 6.45) is 0. The summed E-state index contributed by atoms with van der Waals surface area (Å²) in [7, 11) is 0. The SMILES string of the molecule is Cc1nc(-c2cccs2)sc1-c1ccc(=O)n(CCNC(=O)CSc2ccc(F)cc2)n1. The second-order valence-corrected chi connectivity index (χ2v) is 9.78. The first-order valence-electron chi connectivity index (χ1n) is 9.74. The van der Waals surface area contributed by atoms with E-state index in [1.807, 2.05) is 24.4 Å². The summed E-state index contributed by atoms with van der Waals surface area (Å²) in [5.41, 5.74) is 1.31. The van der Waals surface area contributed by atoms with Gasteiger partial charge in [0.15, 0.2) is 0 Å². The van der Waals surface area contributed by atoms with Crippen LogP contribution in [-0.4, -0.2) is 33.0 Å². The standard InChI is InChI=1S/C22H19FN4O2S3/c1-14-21(32-22(25-14)18-3-2-12-30-18)17-8-9-20(29)27(26-17)11-10-24-19(28)13-31-16-6-4-15(23)5-7-16/h2-9,12H,10-11,13H2,1H3,(H,24,28). The number of thiophene rings is 1. The number of carbonyl (C=O) groups excluding carboxylic acids is 1. The predicted octanol–water partition coefficient (Wildman–Crippen LogP) is 4.45. The number of rotatable bonds is 8. The summed E-state index contributed by atoms with van der Waals surface area (Å²) in [5.74, 6) is -0.266. The minimum atomic E-state index is -0.310. The fraction of sp³-hybridized carbons (Fsp3) is 0.182. The van der Waals surface area contributed by atoms with Gasteiger partial charge in [0.1, 0.15) is 16.5 Å². The van der Waals surface area contributed by atoms with Gasteiger partial charge in [-0.1, -0.05) is 6.07 Å². The van der Waals surface area contributed by atoms with Crippen LogP contribution in [0.3, 0.4) is 0 Å². The Morgan fingerprint density at radius 3 is 2.75 bits per heavy atom. The van der Waals surface area contributed by atoms with Crippen LogP contribution in [-0.2, 0) is 11.3 Å². The van der Waals surface area contributed by atoms with Crippen LogP contribution in [0.15, 0.2) is 63.6 Å². The first-order chi connectivity index (χ1) is 15.5. The largest absolute Gasteiger partial charge is 0.354 e. The molecular weight excluding hydrogens is 467 g/mol. The van der Waals surface area contributed by atoms with Crippen molar-refractivity contribution in [3.63, 3.8) is 0 Å². The number of nitrogens with zero attached hydrogens (tertiary/aromatic N) is 3. The molecule has 3 aromatic heterocycles. The van der Waals surface area contributed by atoms with Gasteiger partial charge in [0, 0.05) is 17.5 Å². The van der Waals surface area contributed by atoms with Crippen molar-refractivity contribution in [2.45, 2.75) is 18.4 Å². The molecule has 3 heterocycles. The second kappa shape index (κ2) is 10.2. The van der Waals surface area contributed by atoms with Crippen molar-refractivity contribution < 1.29 is 9.18 Å². The molecule has 10 heteroatoms. The quantitative estimate of drug-likeness (QED) is 0.372. The lowest BCUT2D eigenvalue weighted by molar-refractivity contribution is -0.118. The Kier molecular flexibility index (Phi) is 7.13. The van der Waals surface area contributed by atoms with Gasteiger partial charge in [-0.25, -0.2) is 14.1 Å². The van der Waals surface area contributed by atoms with Gasteiger partial charge in [-0.3, -0.25) is 9.59 Å². The fourth-order valence-electron chi connectivity index (χ4n) is 2.90. The van der Waals surface area contributed by atoms with Gasteiger partial charge in [-0.15, -0.1) is 34.4 Å². The topological polar surface area (TPSA) is 76.9 Å². The van der Waals surface area contributed by atoms with Gasteiger partial charge >= 0.3 is 0 Å². The first-order valence-corrected chi connectivity index (χ1v) is 12.4. The summed E-state index contributed by atoms with van der Waals surface area (Å²) in [6.45, 7) is 2.47. The number of benzene rings is 1. The van der Waals surface area contributed by atoms with Crippen molar-refractivity contribution in [3.05, 3.63) is 75.8 Å². The average molecular weight is 487 g/mol. The van der Waals surface area contributed by atoms with Gasteiger partial charge < -0.3 is 5.32 Å². The molecule has 0 bridgehead atoms. The second-order valence-electron chi connectivity index (χ2n) is 6.78. The molecule has 0 saturated heterocycles. The van der Waals surface area contributed by atoms with E-state index in [0.29, 0.717) is 5.69 Å². The minimum Gasteiger partial charge on any atom is -0.354 e. The molecule has 0 saturated carbocycles. The lowest BCUT2D eigenvalue weighted by Gasteiger charge is -2.08. The van der Waals surface area contributed by atoms with Crippen molar-refractivity contribution in [1.82, 2.24) is 20.1 Å². The van der Waals surface area contributed by atoms with Crippen molar-refractivity contribution in [1.29, 1.82) is 0 Å². The Bertz CT molecular complexity index is 1270. The molecule has 0 fully saturated rings. The summed E-state index contributed by atoms with van der Waals surface area (Å²) < 4.78 is 14.3. The number of nitrogens with one attached hydrogen (secondary N) is 1. The number of halogens is 1. The van der Waals surface area contributed by atoms with Gasteiger partial charge in [0.25, 0.3) is 5.56 Å². The molecule has 0 radical (unpaired) electrons. The first kappa shape index (κ1) is 22.4. The fourth-order valence-corrected chi connectivity index (χ4v) is 5.46. The van der Waals surface area contributed by atoms with Crippen LogP contribution in [0.2, 0.25) is 0 Å². The molecule has 4 rings (SSSR count). The van der Waals surface area contributed by atoms with Crippen molar-refractivity contribution >= 4 is 40.3 Å². The monoisotopic (exact) mass is 486 g/mol. The zero-order valence-electron chi connectivity index (χ0n) is 17.1. The van der Waals surface area contributed by atoms with Gasteiger partial charge in [0.05, 0.1) is 27.7 Å². The molecule has 6 nitrogen and oxygen atoms in total. The third-order valence-corrected chi connectivity index (χ3v) is 7.69. The summed E-state index contributed by atoms with van der Waals surface area (Å²) in [6, 6.07) is 13.2. The lowest BCUT2D eigenvalue weighted by Crippen LogP contribution is -2.32. The van der Waals surface area contributed by atoms with E-state index < -0.39 is 0 Å². The van der Waals surface area contributed by atoms with E-state index in [-0.39, 0.29) is 36.1 Å². The highest BCUT2D eigenvalue weighted by atomic mass is 32.2. The van der Waals surface area contributed by atoms with Crippen molar-refractivity contribution in [2.75, 3.05) is 12.3 Å². The third-order valence-electron chi connectivity index (χ3n) is 4.46. The smallest absolute Gasteiger partial charge is 0.266 e. The molecule has 0 spiro atoms. The maximum Gasteiger partial charge on any atom is 0.266 e. The molecular formula is C22H19FN4O2S3. The molecule has 1 N–H and O–H groups in total. The van der Waals surface area contributed by atoms with E-state index in [2.05, 4.69) is 15.4 Å². The molecule has 4 aromatic rings. The third kappa shape index (κ3) is 5.50. The Hall–Kier alpha value is -2.82. The Morgan fingerprint density at radius 1 is 1.19 bits per heavy atom. The van der Waals surface area contributed by atoms with Crippen LogP contribution in [0.1, 0.15) is 5.69 Å². The number of hydrogen-bond donors (Lipinski definition) is 1. The van der Waals surface area contributed by atoms with E-state index in [9.17, 15) is 14.0 Å². The number of hydrogen-bond acceptors (Lipinski definition) is 7. The molecule has 0 aliphatic rings. The van der Waals surface area contributed by atoms with Crippen LogP contribution in [0.25, 0.3) is 20.5 Å². The minimum absolute atomic E-state index is 0.164. The maximum atomic E-state index is 12.9. The van der Waals surface area contributed by atoms with Gasteiger partial charge in [0.2, 0.25) is 5.91 Å². The van der Waals surface area contributed by atoms with E-state index in [0.717, 1.165) is 25.4 Å². The number of aromatic nitrogens is 3. The van der Waals surface area contributed by atoms with Crippen molar-refractivity contribution in [3.8, 4) is 20.5 Å². The molecule has 164 valence electrons. The molecule has 1 aromatic carbocycles. The van der Waals surface area contributed by atoms with Gasteiger partial charge in [-0.2, -0.15) is 5.10 Å². The Balaban J connectivity index is 1.37. The molecule has 0 aliphatic heterocycles. The van der Waals surface area contributed by atoms with Gasteiger partial charge in [-0.05, 0) is 48.7 Å². The molecule has 1 amide bonds. The van der Waals surface area contributed by atoms with Crippen LogP contribution in [0.4, 0.5) is 4.39 Å². The molecule has 0 aliphatic carbocycles. The van der Waals surface area contributed by atoms with E-state index in [1.165, 1.54) is 34.6 Å². The zero-order chi connectivity index (χ0) is 22.5. The van der Waals surface area contributed by atoms with E-state index in [1.54, 1.807) is 40.9 Å². The number of amides is 1. The Labute approximate surface area is 196 Å². The predicted molar refractivity (Wildman–Crippen MR) is 128 cm³/mol. The maximum absolute atomic E-state index is 12.9. The summed E-state index contributed by atoms with van der Waals surface area (Å²) in [5, 5.41) is 10.2. The highest BCUT2D eigenvalue weighted by Gasteiger charge is 2.14. The van der Waals surface area contributed by atoms with E-state index in [4.69, 9.17) is 0 Å². The average Bonchev–Trinajstić information content (AvgIpc) is 3.45. The highest BCUT2D eigenvalue weighted by Crippen LogP contribution is 2.35. The summed E-state index contributed by atoms with van der Waals surface area (Å²) in [4.78, 5) is 31.8. The molecule has 0 atom stereocenters.